The first-order valence-corrected chi connectivity index (χ1v) is 7.72. The topological polar surface area (TPSA) is 32.7 Å². The summed E-state index contributed by atoms with van der Waals surface area (Å²) in [6.45, 7) is 1.97. The number of ether oxygens (including phenoxy) is 1. The van der Waals surface area contributed by atoms with Gasteiger partial charge >= 0.3 is 0 Å². The summed E-state index contributed by atoms with van der Waals surface area (Å²) in [6, 6.07) is 6.41. The Bertz CT molecular complexity index is 411. The Morgan fingerprint density at radius 2 is 2.26 bits per heavy atom. The van der Waals surface area contributed by atoms with E-state index in [4.69, 9.17) is 4.74 Å². The summed E-state index contributed by atoms with van der Waals surface area (Å²) in [5, 5.41) is 9.21. The van der Waals surface area contributed by atoms with Gasteiger partial charge in [-0.3, -0.25) is 0 Å². The van der Waals surface area contributed by atoms with E-state index < -0.39 is 0 Å². The molecule has 1 aliphatic rings. The Hall–Kier alpha value is -0.580. The van der Waals surface area contributed by atoms with Crippen molar-refractivity contribution >= 4 is 15.9 Å². The van der Waals surface area contributed by atoms with Crippen LogP contribution in [-0.4, -0.2) is 36.2 Å². The first kappa shape index (κ1) is 14.8. The fourth-order valence-corrected chi connectivity index (χ4v) is 2.96. The summed E-state index contributed by atoms with van der Waals surface area (Å²) in [4.78, 5) is 2.44. The lowest BCUT2D eigenvalue weighted by Gasteiger charge is -2.32. The molecule has 1 unspecified atom stereocenters. The molecule has 1 N–H and O–H groups in total. The smallest absolute Gasteiger partial charge is 0.119 e. The number of rotatable bonds is 5. The van der Waals surface area contributed by atoms with Gasteiger partial charge in [-0.25, -0.2) is 0 Å². The molecule has 0 saturated carbocycles. The first-order chi connectivity index (χ1) is 9.20. The van der Waals surface area contributed by atoms with E-state index in [-0.39, 0.29) is 6.61 Å². The van der Waals surface area contributed by atoms with Gasteiger partial charge in [0.15, 0.2) is 0 Å². The Kier molecular flexibility index (Phi) is 5.67. The first-order valence-electron chi connectivity index (χ1n) is 6.93. The highest BCUT2D eigenvalue weighted by molar-refractivity contribution is 9.10. The average molecular weight is 328 g/mol. The van der Waals surface area contributed by atoms with Crippen molar-refractivity contribution in [2.45, 2.75) is 38.3 Å². The number of likely N-dealkylation sites (tertiary alicyclic amines) is 1. The minimum atomic E-state index is 0.0309. The lowest BCUT2D eigenvalue weighted by Crippen LogP contribution is -2.37. The second-order valence-electron chi connectivity index (χ2n) is 5.18. The summed E-state index contributed by atoms with van der Waals surface area (Å²) in [6.07, 6.45) is 5.01. The zero-order chi connectivity index (χ0) is 13.7. The third-order valence-corrected chi connectivity index (χ3v) is 4.60. The van der Waals surface area contributed by atoms with Crippen molar-refractivity contribution in [1.82, 2.24) is 4.90 Å². The van der Waals surface area contributed by atoms with Gasteiger partial charge < -0.3 is 14.7 Å². The molecule has 0 aliphatic carbocycles. The molecule has 0 bridgehead atoms. The molecule has 1 fully saturated rings. The highest BCUT2D eigenvalue weighted by Crippen LogP contribution is 2.23. The van der Waals surface area contributed by atoms with Crippen molar-refractivity contribution in [1.29, 1.82) is 0 Å². The molecular formula is C15H22BrNO2. The molecule has 1 aromatic rings. The van der Waals surface area contributed by atoms with E-state index >= 15 is 0 Å². The SMILES string of the molecule is CN1CCCCC1CCOc1ccc(Br)c(CO)c1. The van der Waals surface area contributed by atoms with Gasteiger partial charge in [0.25, 0.3) is 0 Å². The van der Waals surface area contributed by atoms with Gasteiger partial charge in [-0.1, -0.05) is 22.4 Å². The van der Waals surface area contributed by atoms with Crippen molar-refractivity contribution in [2.24, 2.45) is 0 Å². The van der Waals surface area contributed by atoms with Crippen LogP contribution in [0.4, 0.5) is 0 Å². The second kappa shape index (κ2) is 7.27. The molecule has 0 aromatic heterocycles. The zero-order valence-corrected chi connectivity index (χ0v) is 13.0. The lowest BCUT2D eigenvalue weighted by atomic mass is 10.0. The summed E-state index contributed by atoms with van der Waals surface area (Å²) < 4.78 is 6.72. The summed E-state index contributed by atoms with van der Waals surface area (Å²) in [5.74, 6) is 0.839. The van der Waals surface area contributed by atoms with Crippen LogP contribution in [0.15, 0.2) is 22.7 Å². The Labute approximate surface area is 123 Å². The zero-order valence-electron chi connectivity index (χ0n) is 11.4. The molecule has 1 heterocycles. The maximum absolute atomic E-state index is 9.21. The number of benzene rings is 1. The molecule has 0 amide bonds. The molecule has 1 aliphatic heterocycles. The van der Waals surface area contributed by atoms with Gasteiger partial charge in [0.2, 0.25) is 0 Å². The van der Waals surface area contributed by atoms with Gasteiger partial charge in [-0.15, -0.1) is 0 Å². The number of aliphatic hydroxyl groups is 1. The highest BCUT2D eigenvalue weighted by Gasteiger charge is 2.18. The molecule has 2 rings (SSSR count). The van der Waals surface area contributed by atoms with E-state index in [2.05, 4.69) is 27.9 Å². The van der Waals surface area contributed by atoms with Crippen molar-refractivity contribution in [3.63, 3.8) is 0 Å². The van der Waals surface area contributed by atoms with Crippen molar-refractivity contribution in [3.8, 4) is 5.75 Å². The molecular weight excluding hydrogens is 306 g/mol. The van der Waals surface area contributed by atoms with E-state index in [1.54, 1.807) is 0 Å². The van der Waals surface area contributed by atoms with Crippen LogP contribution in [0.1, 0.15) is 31.2 Å². The molecule has 0 radical (unpaired) electrons. The maximum atomic E-state index is 9.21. The van der Waals surface area contributed by atoms with E-state index in [1.165, 1.54) is 25.8 Å². The third kappa shape index (κ3) is 4.20. The van der Waals surface area contributed by atoms with Gasteiger partial charge in [0.1, 0.15) is 5.75 Å². The van der Waals surface area contributed by atoms with Gasteiger partial charge in [-0.05, 0) is 56.6 Å². The largest absolute Gasteiger partial charge is 0.494 e. The van der Waals surface area contributed by atoms with Crippen LogP contribution in [-0.2, 0) is 6.61 Å². The minimum absolute atomic E-state index is 0.0309. The number of hydrogen-bond donors (Lipinski definition) is 1. The average Bonchev–Trinajstić information content (AvgIpc) is 2.43. The minimum Gasteiger partial charge on any atom is -0.494 e. The van der Waals surface area contributed by atoms with Crippen LogP contribution in [0.3, 0.4) is 0 Å². The van der Waals surface area contributed by atoms with Crippen LogP contribution in [0, 0.1) is 0 Å². The van der Waals surface area contributed by atoms with Crippen LogP contribution in [0.2, 0.25) is 0 Å². The Balaban J connectivity index is 1.82. The molecule has 19 heavy (non-hydrogen) atoms. The predicted molar refractivity (Wildman–Crippen MR) is 80.4 cm³/mol. The standard InChI is InChI=1S/C15H22BrNO2/c1-17-8-3-2-4-13(17)7-9-19-14-5-6-15(16)12(10-14)11-18/h5-6,10,13,18H,2-4,7-9,11H2,1H3. The maximum Gasteiger partial charge on any atom is 0.119 e. The van der Waals surface area contributed by atoms with Crippen molar-refractivity contribution < 1.29 is 9.84 Å². The lowest BCUT2D eigenvalue weighted by molar-refractivity contribution is 0.153. The number of nitrogens with zero attached hydrogens (tertiary/aromatic N) is 1. The fourth-order valence-electron chi connectivity index (χ4n) is 2.58. The number of halogens is 1. The molecule has 1 saturated heterocycles. The second-order valence-corrected chi connectivity index (χ2v) is 6.03. The van der Waals surface area contributed by atoms with E-state index in [0.29, 0.717) is 6.04 Å². The molecule has 4 heteroatoms. The highest BCUT2D eigenvalue weighted by atomic mass is 79.9. The van der Waals surface area contributed by atoms with Crippen molar-refractivity contribution in [2.75, 3.05) is 20.2 Å². The summed E-state index contributed by atoms with van der Waals surface area (Å²) in [5.41, 5.74) is 0.868. The summed E-state index contributed by atoms with van der Waals surface area (Å²) >= 11 is 3.41. The molecule has 1 aromatic carbocycles. The van der Waals surface area contributed by atoms with Crippen LogP contribution in [0.25, 0.3) is 0 Å². The van der Waals surface area contributed by atoms with Gasteiger partial charge in [0.05, 0.1) is 13.2 Å². The van der Waals surface area contributed by atoms with Gasteiger partial charge in [-0.2, -0.15) is 0 Å². The fraction of sp³-hybridized carbons (Fsp3) is 0.600. The Morgan fingerprint density at radius 1 is 1.42 bits per heavy atom. The monoisotopic (exact) mass is 327 g/mol. The molecule has 3 nitrogen and oxygen atoms in total. The summed E-state index contributed by atoms with van der Waals surface area (Å²) in [7, 11) is 2.20. The van der Waals surface area contributed by atoms with Crippen LogP contribution in [0.5, 0.6) is 5.75 Å². The molecule has 1 atom stereocenters. The predicted octanol–water partition coefficient (Wildman–Crippen LogP) is 3.19. The number of piperidine rings is 1. The number of hydrogen-bond acceptors (Lipinski definition) is 3. The third-order valence-electron chi connectivity index (χ3n) is 3.83. The quantitative estimate of drug-likeness (QED) is 0.901. The van der Waals surface area contributed by atoms with Crippen molar-refractivity contribution in [3.05, 3.63) is 28.2 Å². The van der Waals surface area contributed by atoms with Crippen LogP contribution >= 0.6 is 15.9 Å². The normalized spacial score (nSPS) is 20.5. The molecule has 106 valence electrons. The van der Waals surface area contributed by atoms with E-state index in [1.807, 2.05) is 18.2 Å². The Morgan fingerprint density at radius 3 is 3.00 bits per heavy atom. The number of aliphatic hydroxyl groups excluding tert-OH is 1. The van der Waals surface area contributed by atoms with Gasteiger partial charge in [0, 0.05) is 10.5 Å². The van der Waals surface area contributed by atoms with Crippen LogP contribution < -0.4 is 4.74 Å². The van der Waals surface area contributed by atoms with E-state index in [9.17, 15) is 5.11 Å². The van der Waals surface area contributed by atoms with E-state index in [0.717, 1.165) is 28.8 Å². The molecule has 0 spiro atoms.